The van der Waals surface area contributed by atoms with Gasteiger partial charge in [-0.15, -0.1) is 0 Å². The number of nitrogens with zero attached hydrogens (tertiary/aromatic N) is 2. The van der Waals surface area contributed by atoms with E-state index in [1.807, 2.05) is 12.1 Å². The van der Waals surface area contributed by atoms with Crippen molar-refractivity contribution in [2.75, 3.05) is 7.11 Å². The monoisotopic (exact) mass is 367 g/mol. The van der Waals surface area contributed by atoms with Gasteiger partial charge in [0.1, 0.15) is 17.3 Å². The second-order valence-corrected chi connectivity index (χ2v) is 5.88. The van der Waals surface area contributed by atoms with Gasteiger partial charge in [-0.05, 0) is 41.5 Å². The van der Waals surface area contributed by atoms with Crippen LogP contribution in [0.5, 0.6) is 5.75 Å². The van der Waals surface area contributed by atoms with Crippen LogP contribution in [0.2, 0.25) is 0 Å². The number of hydrogen-bond acceptors (Lipinski definition) is 4. The van der Waals surface area contributed by atoms with Gasteiger partial charge in [-0.1, -0.05) is 24.3 Å². The minimum atomic E-state index is -0.404. The van der Waals surface area contributed by atoms with Crippen molar-refractivity contribution < 1.29 is 13.9 Å². The number of carbonyl (C=O) groups excluding carboxylic acids is 1. The lowest BCUT2D eigenvalue weighted by Gasteiger charge is -2.09. The largest absolute Gasteiger partial charge is 0.497 e. The van der Waals surface area contributed by atoms with Crippen molar-refractivity contribution in [1.29, 1.82) is 0 Å². The molecule has 1 N–H and O–H groups in total. The maximum atomic E-state index is 13.3. The van der Waals surface area contributed by atoms with E-state index >= 15 is 0 Å². The van der Waals surface area contributed by atoms with Crippen LogP contribution in [0.15, 0.2) is 65.5 Å². The third kappa shape index (κ3) is 4.78. The number of rotatable bonds is 6. The van der Waals surface area contributed by atoms with Crippen LogP contribution in [-0.4, -0.2) is 22.8 Å². The van der Waals surface area contributed by atoms with Crippen molar-refractivity contribution in [2.24, 2.45) is 0 Å². The molecule has 0 unspecified atom stereocenters. The van der Waals surface area contributed by atoms with Crippen molar-refractivity contribution in [3.05, 3.63) is 93.7 Å². The lowest BCUT2D eigenvalue weighted by Crippen LogP contribution is -2.29. The van der Waals surface area contributed by atoms with Crippen LogP contribution in [0.3, 0.4) is 0 Å². The molecule has 0 saturated carbocycles. The highest BCUT2D eigenvalue weighted by molar-refractivity contribution is 5.91. The molecule has 1 heterocycles. The number of halogens is 1. The molecule has 0 spiro atoms. The molecule has 0 atom stereocenters. The lowest BCUT2D eigenvalue weighted by atomic mass is 10.2. The van der Waals surface area contributed by atoms with Gasteiger partial charge in [0.05, 0.1) is 13.7 Å². The third-order valence-electron chi connectivity index (χ3n) is 3.93. The zero-order valence-corrected chi connectivity index (χ0v) is 14.7. The summed E-state index contributed by atoms with van der Waals surface area (Å²) in [5.41, 5.74) is 1.23. The van der Waals surface area contributed by atoms with Crippen LogP contribution in [0.25, 0.3) is 0 Å². The van der Waals surface area contributed by atoms with Crippen molar-refractivity contribution in [3.8, 4) is 5.75 Å². The fourth-order valence-corrected chi connectivity index (χ4v) is 2.51. The highest BCUT2D eigenvalue weighted by Crippen LogP contribution is 2.11. The molecule has 3 rings (SSSR count). The Labute approximate surface area is 155 Å². The van der Waals surface area contributed by atoms with E-state index in [2.05, 4.69) is 10.4 Å². The first-order valence-electron chi connectivity index (χ1n) is 8.29. The van der Waals surface area contributed by atoms with E-state index in [0.29, 0.717) is 12.1 Å². The van der Waals surface area contributed by atoms with Gasteiger partial charge >= 0.3 is 0 Å². The Morgan fingerprint density at radius 1 is 1.11 bits per heavy atom. The van der Waals surface area contributed by atoms with E-state index in [9.17, 15) is 14.0 Å². The number of amides is 1. The number of carbonyl (C=O) groups is 1. The van der Waals surface area contributed by atoms with Gasteiger partial charge < -0.3 is 10.1 Å². The van der Waals surface area contributed by atoms with Crippen molar-refractivity contribution >= 4 is 5.91 Å². The van der Waals surface area contributed by atoms with Crippen LogP contribution in [-0.2, 0) is 13.1 Å². The van der Waals surface area contributed by atoms with Gasteiger partial charge in [0.25, 0.3) is 11.5 Å². The normalized spacial score (nSPS) is 10.4. The molecule has 3 aromatic rings. The summed E-state index contributed by atoms with van der Waals surface area (Å²) in [6, 6.07) is 15.8. The molecule has 0 aliphatic carbocycles. The van der Waals surface area contributed by atoms with Crippen LogP contribution in [0, 0.1) is 5.82 Å². The minimum absolute atomic E-state index is 0.0796. The molecule has 0 saturated heterocycles. The Hall–Kier alpha value is -3.48. The zero-order valence-electron chi connectivity index (χ0n) is 14.7. The number of benzene rings is 2. The number of methoxy groups -OCH3 is 1. The highest BCUT2D eigenvalue weighted by atomic mass is 19.1. The lowest BCUT2D eigenvalue weighted by molar-refractivity contribution is 0.0943. The number of nitrogens with one attached hydrogen (secondary N) is 1. The Bertz CT molecular complexity index is 1000. The molecule has 2 aromatic carbocycles. The summed E-state index contributed by atoms with van der Waals surface area (Å²) in [7, 11) is 1.58. The molecule has 27 heavy (non-hydrogen) atoms. The number of hydrogen-bond donors (Lipinski definition) is 1. The topological polar surface area (TPSA) is 73.2 Å². The Morgan fingerprint density at radius 3 is 2.59 bits per heavy atom. The quantitative estimate of drug-likeness (QED) is 0.726. The summed E-state index contributed by atoms with van der Waals surface area (Å²) in [5.74, 6) is -0.0658. The Morgan fingerprint density at radius 2 is 1.89 bits per heavy atom. The van der Waals surface area contributed by atoms with Gasteiger partial charge in [-0.3, -0.25) is 9.59 Å². The second kappa shape index (κ2) is 8.27. The summed E-state index contributed by atoms with van der Waals surface area (Å²) in [5, 5.41) is 6.84. The smallest absolute Gasteiger partial charge is 0.271 e. The maximum Gasteiger partial charge on any atom is 0.271 e. The molecule has 0 aliphatic rings. The summed E-state index contributed by atoms with van der Waals surface area (Å²) in [4.78, 5) is 24.3. The van der Waals surface area contributed by atoms with Gasteiger partial charge in [-0.2, -0.15) is 5.10 Å². The molecule has 7 heteroatoms. The second-order valence-electron chi connectivity index (χ2n) is 5.88. The van der Waals surface area contributed by atoms with E-state index in [-0.39, 0.29) is 17.8 Å². The third-order valence-corrected chi connectivity index (χ3v) is 3.93. The predicted octanol–water partition coefficient (Wildman–Crippen LogP) is 2.37. The molecular formula is C20H18FN3O3. The summed E-state index contributed by atoms with van der Waals surface area (Å²) in [6.45, 7) is 0.393. The zero-order chi connectivity index (χ0) is 19.2. The van der Waals surface area contributed by atoms with Crippen LogP contribution >= 0.6 is 0 Å². The van der Waals surface area contributed by atoms with Crippen molar-refractivity contribution in [3.63, 3.8) is 0 Å². The molecule has 6 nitrogen and oxygen atoms in total. The average Bonchev–Trinajstić information content (AvgIpc) is 2.68. The van der Waals surface area contributed by atoms with Gasteiger partial charge in [0.15, 0.2) is 0 Å². The average molecular weight is 367 g/mol. The summed E-state index contributed by atoms with van der Waals surface area (Å²) in [6.07, 6.45) is 0. The maximum absolute atomic E-state index is 13.3. The van der Waals surface area contributed by atoms with Gasteiger partial charge in [-0.25, -0.2) is 9.07 Å². The van der Waals surface area contributed by atoms with E-state index in [0.717, 1.165) is 16.0 Å². The van der Waals surface area contributed by atoms with Crippen LogP contribution in [0.4, 0.5) is 4.39 Å². The minimum Gasteiger partial charge on any atom is -0.497 e. The van der Waals surface area contributed by atoms with Crippen LogP contribution in [0.1, 0.15) is 21.6 Å². The van der Waals surface area contributed by atoms with Gasteiger partial charge in [0, 0.05) is 12.6 Å². The number of aromatic nitrogens is 2. The van der Waals surface area contributed by atoms with E-state index < -0.39 is 11.7 Å². The Balaban J connectivity index is 1.70. The summed E-state index contributed by atoms with van der Waals surface area (Å²) < 4.78 is 19.5. The number of ether oxygens (including phenoxy) is 1. The summed E-state index contributed by atoms with van der Waals surface area (Å²) >= 11 is 0. The van der Waals surface area contributed by atoms with E-state index in [4.69, 9.17) is 4.74 Å². The van der Waals surface area contributed by atoms with E-state index in [1.165, 1.54) is 24.3 Å². The first-order chi connectivity index (χ1) is 13.0. The fraction of sp³-hybridized carbons (Fsp3) is 0.150. The molecule has 1 aromatic heterocycles. The SMILES string of the molecule is COc1ccc(CNC(=O)c2ccc(=O)n(Cc3cccc(F)c3)n2)cc1. The van der Waals surface area contributed by atoms with Gasteiger partial charge in [0.2, 0.25) is 0 Å². The molecule has 1 amide bonds. The highest BCUT2D eigenvalue weighted by Gasteiger charge is 2.10. The standard InChI is InChI=1S/C20H18FN3O3/c1-27-17-7-5-14(6-8-17)12-22-20(26)18-9-10-19(25)24(23-18)13-15-3-2-4-16(21)11-15/h2-11H,12-13H2,1H3,(H,22,26). The first-order valence-corrected chi connectivity index (χ1v) is 8.29. The molecule has 0 fully saturated rings. The molecule has 0 bridgehead atoms. The Kier molecular flexibility index (Phi) is 5.61. The van der Waals surface area contributed by atoms with Crippen molar-refractivity contribution in [2.45, 2.75) is 13.1 Å². The van der Waals surface area contributed by atoms with Crippen LogP contribution < -0.4 is 15.6 Å². The predicted molar refractivity (Wildman–Crippen MR) is 98.2 cm³/mol. The molecule has 0 radical (unpaired) electrons. The first kappa shape index (κ1) is 18.3. The molecule has 0 aliphatic heterocycles. The van der Waals surface area contributed by atoms with E-state index in [1.54, 1.807) is 31.4 Å². The molecular weight excluding hydrogens is 349 g/mol. The molecule has 138 valence electrons. The fourth-order valence-electron chi connectivity index (χ4n) is 2.51. The van der Waals surface area contributed by atoms with Crippen molar-refractivity contribution in [1.82, 2.24) is 15.1 Å².